The second-order valence-corrected chi connectivity index (χ2v) is 7.18. The van der Waals surface area contributed by atoms with Crippen molar-refractivity contribution in [1.82, 2.24) is 10.5 Å². The molecule has 2 aromatic carbocycles. The van der Waals surface area contributed by atoms with Crippen molar-refractivity contribution in [2.24, 2.45) is 4.99 Å². The van der Waals surface area contributed by atoms with Gasteiger partial charge in [0.25, 0.3) is 5.91 Å². The van der Waals surface area contributed by atoms with E-state index in [0.717, 1.165) is 32.4 Å². The number of fused-ring (bicyclic) bond motifs is 2. The monoisotopic (exact) mass is 390 g/mol. The molecular weight excluding hydrogens is 372 g/mol. The first kappa shape index (κ1) is 18.2. The fourth-order valence-electron chi connectivity index (χ4n) is 2.86. The first-order valence-electron chi connectivity index (χ1n) is 8.69. The zero-order valence-corrected chi connectivity index (χ0v) is 16.0. The molecule has 1 aliphatic rings. The zero-order chi connectivity index (χ0) is 19.3. The van der Waals surface area contributed by atoms with Gasteiger partial charge < -0.3 is 5.32 Å². The summed E-state index contributed by atoms with van der Waals surface area (Å²) in [5.74, 6) is 0.461. The lowest BCUT2D eigenvalue weighted by atomic mass is 10.1. The van der Waals surface area contributed by atoms with Crippen LogP contribution in [0.2, 0.25) is 0 Å². The number of hydroxylamine groups is 1. The van der Waals surface area contributed by atoms with Crippen LogP contribution in [0, 0.1) is 0 Å². The summed E-state index contributed by atoms with van der Waals surface area (Å²) in [4.78, 5) is 27.9. The number of aromatic nitrogens is 1. The van der Waals surface area contributed by atoms with Crippen molar-refractivity contribution < 1.29 is 9.63 Å². The standard InChI is InChI=1S/C21H18N4O2S/c1-27-25-21(26)15-8-9-19-17(11-15)24-20(16-6-2-3-7-18(16)28-19)23-13-14-5-4-10-22-12-14/h2-12H,13H2,1H3,(H,23,24)(H,25,26). The molecule has 0 aliphatic carbocycles. The maximum Gasteiger partial charge on any atom is 0.274 e. The van der Waals surface area contributed by atoms with Crippen LogP contribution in [-0.2, 0) is 11.4 Å². The Balaban J connectivity index is 1.72. The number of anilines is 1. The van der Waals surface area contributed by atoms with Crippen LogP contribution in [0.1, 0.15) is 21.5 Å². The Morgan fingerprint density at radius 2 is 2.07 bits per heavy atom. The van der Waals surface area contributed by atoms with Gasteiger partial charge >= 0.3 is 0 Å². The Hall–Kier alpha value is -3.16. The van der Waals surface area contributed by atoms with Gasteiger partial charge in [0.1, 0.15) is 5.84 Å². The van der Waals surface area contributed by atoms with Crippen LogP contribution in [0.15, 0.2) is 81.8 Å². The van der Waals surface area contributed by atoms with Gasteiger partial charge in [-0.3, -0.25) is 19.6 Å². The maximum absolute atomic E-state index is 12.1. The van der Waals surface area contributed by atoms with Gasteiger partial charge in [-0.2, -0.15) is 0 Å². The molecule has 0 bridgehead atoms. The van der Waals surface area contributed by atoms with Crippen molar-refractivity contribution in [2.75, 3.05) is 12.4 Å². The molecule has 0 saturated heterocycles. The number of amides is 1. The van der Waals surface area contributed by atoms with Crippen LogP contribution in [0.25, 0.3) is 0 Å². The van der Waals surface area contributed by atoms with Crippen molar-refractivity contribution >= 4 is 29.2 Å². The molecule has 0 fully saturated rings. The predicted octanol–water partition coefficient (Wildman–Crippen LogP) is 3.90. The van der Waals surface area contributed by atoms with E-state index in [4.69, 9.17) is 9.83 Å². The minimum Gasteiger partial charge on any atom is -0.339 e. The molecule has 1 amide bonds. The van der Waals surface area contributed by atoms with E-state index >= 15 is 0 Å². The molecule has 3 aromatic rings. The summed E-state index contributed by atoms with van der Waals surface area (Å²) in [6.45, 7) is 0.508. The normalized spacial score (nSPS) is 13.8. The number of hydrogen-bond acceptors (Lipinski definition) is 5. The molecule has 28 heavy (non-hydrogen) atoms. The lowest BCUT2D eigenvalue weighted by molar-refractivity contribution is 0.0537. The van der Waals surface area contributed by atoms with Crippen LogP contribution in [0.3, 0.4) is 0 Å². The predicted molar refractivity (Wildman–Crippen MR) is 110 cm³/mol. The lowest BCUT2D eigenvalue weighted by Crippen LogP contribution is -2.22. The summed E-state index contributed by atoms with van der Waals surface area (Å²) in [6.07, 6.45) is 3.55. The van der Waals surface area contributed by atoms with Gasteiger partial charge in [0.2, 0.25) is 0 Å². The highest BCUT2D eigenvalue weighted by molar-refractivity contribution is 7.99. The zero-order valence-electron chi connectivity index (χ0n) is 15.2. The first-order chi connectivity index (χ1) is 13.7. The van der Waals surface area contributed by atoms with E-state index in [0.29, 0.717) is 12.1 Å². The Morgan fingerprint density at radius 1 is 1.18 bits per heavy atom. The number of carbonyl (C=O) groups excluding carboxylic acids is 1. The largest absolute Gasteiger partial charge is 0.339 e. The number of rotatable bonds is 4. The van der Waals surface area contributed by atoms with Crippen molar-refractivity contribution in [2.45, 2.75) is 16.3 Å². The molecule has 0 unspecified atom stereocenters. The molecule has 7 heteroatoms. The van der Waals surface area contributed by atoms with Crippen LogP contribution in [-0.4, -0.2) is 23.8 Å². The number of pyridine rings is 1. The van der Waals surface area contributed by atoms with Gasteiger partial charge in [0, 0.05) is 33.3 Å². The summed E-state index contributed by atoms with van der Waals surface area (Å²) < 4.78 is 0. The number of carbonyl (C=O) groups is 1. The highest BCUT2D eigenvalue weighted by Crippen LogP contribution is 2.39. The van der Waals surface area contributed by atoms with Crippen LogP contribution in [0.4, 0.5) is 5.69 Å². The van der Waals surface area contributed by atoms with Gasteiger partial charge in [0.05, 0.1) is 19.3 Å². The molecule has 0 atom stereocenters. The molecule has 1 aliphatic heterocycles. The fourth-order valence-corrected chi connectivity index (χ4v) is 3.88. The van der Waals surface area contributed by atoms with Gasteiger partial charge in [-0.05, 0) is 35.9 Å². The third-order valence-corrected chi connectivity index (χ3v) is 5.35. The van der Waals surface area contributed by atoms with Crippen LogP contribution < -0.4 is 10.8 Å². The number of nitrogens with zero attached hydrogens (tertiary/aromatic N) is 2. The fraction of sp³-hybridized carbons (Fsp3) is 0.0952. The van der Waals surface area contributed by atoms with E-state index < -0.39 is 0 Å². The number of aliphatic imine (C=N–C) groups is 1. The third kappa shape index (κ3) is 3.90. The molecule has 2 heterocycles. The topological polar surface area (TPSA) is 75.6 Å². The Bertz CT molecular complexity index is 1040. The highest BCUT2D eigenvalue weighted by Gasteiger charge is 2.19. The summed E-state index contributed by atoms with van der Waals surface area (Å²) in [7, 11) is 1.41. The second kappa shape index (κ2) is 8.24. The maximum atomic E-state index is 12.1. The van der Waals surface area contributed by atoms with E-state index in [9.17, 15) is 4.79 Å². The van der Waals surface area contributed by atoms with Gasteiger partial charge in [-0.15, -0.1) is 0 Å². The van der Waals surface area contributed by atoms with Crippen molar-refractivity contribution in [1.29, 1.82) is 0 Å². The molecule has 0 spiro atoms. The average molecular weight is 390 g/mol. The Morgan fingerprint density at radius 3 is 2.89 bits per heavy atom. The number of amidine groups is 1. The molecule has 140 valence electrons. The minimum absolute atomic E-state index is 0.298. The SMILES string of the molecule is CONC(=O)c1ccc2c(c1)NC(=NCc1cccnc1)c1ccccc1S2. The molecular formula is C21H18N4O2S. The molecule has 2 N–H and O–H groups in total. The Kier molecular flexibility index (Phi) is 5.36. The molecule has 0 radical (unpaired) electrons. The van der Waals surface area contributed by atoms with Gasteiger partial charge in [-0.25, -0.2) is 5.48 Å². The van der Waals surface area contributed by atoms with Crippen LogP contribution >= 0.6 is 11.8 Å². The van der Waals surface area contributed by atoms with E-state index in [1.54, 1.807) is 24.0 Å². The second-order valence-electron chi connectivity index (χ2n) is 6.10. The van der Waals surface area contributed by atoms with Crippen molar-refractivity contribution in [3.63, 3.8) is 0 Å². The molecule has 4 rings (SSSR count). The third-order valence-electron chi connectivity index (χ3n) is 4.19. The Labute approximate surface area is 167 Å². The highest BCUT2D eigenvalue weighted by atomic mass is 32.2. The summed E-state index contributed by atoms with van der Waals surface area (Å²) in [5.41, 5.74) is 5.73. The van der Waals surface area contributed by atoms with E-state index in [1.165, 1.54) is 7.11 Å². The van der Waals surface area contributed by atoms with E-state index in [-0.39, 0.29) is 5.91 Å². The summed E-state index contributed by atoms with van der Waals surface area (Å²) in [5, 5.41) is 3.41. The summed E-state index contributed by atoms with van der Waals surface area (Å²) in [6, 6.07) is 17.5. The quantitative estimate of drug-likeness (QED) is 0.661. The number of benzene rings is 2. The summed E-state index contributed by atoms with van der Waals surface area (Å²) >= 11 is 1.64. The van der Waals surface area contributed by atoms with Gasteiger partial charge in [0.15, 0.2) is 0 Å². The van der Waals surface area contributed by atoms with Crippen molar-refractivity contribution in [3.8, 4) is 0 Å². The molecule has 6 nitrogen and oxygen atoms in total. The smallest absolute Gasteiger partial charge is 0.274 e. The van der Waals surface area contributed by atoms with Crippen LogP contribution in [0.5, 0.6) is 0 Å². The lowest BCUT2D eigenvalue weighted by Gasteiger charge is -2.11. The molecule has 1 aromatic heterocycles. The van der Waals surface area contributed by atoms with Crippen molar-refractivity contribution in [3.05, 3.63) is 83.7 Å². The van der Waals surface area contributed by atoms with Gasteiger partial charge in [-0.1, -0.05) is 36.0 Å². The number of hydrogen-bond donors (Lipinski definition) is 2. The van der Waals surface area contributed by atoms with E-state index in [1.807, 2.05) is 48.7 Å². The first-order valence-corrected chi connectivity index (χ1v) is 9.51. The average Bonchev–Trinajstić information content (AvgIpc) is 2.89. The molecule has 0 saturated carbocycles. The minimum atomic E-state index is -0.298. The van der Waals surface area contributed by atoms with E-state index in [2.05, 4.69) is 21.8 Å². The number of nitrogens with one attached hydrogen (secondary N) is 2.